The molecule has 104 valence electrons. The minimum atomic E-state index is 0.00403. The van der Waals surface area contributed by atoms with Crippen LogP contribution in [0.3, 0.4) is 0 Å². The van der Waals surface area contributed by atoms with Crippen molar-refractivity contribution in [3.05, 3.63) is 58.7 Å². The van der Waals surface area contributed by atoms with E-state index in [9.17, 15) is 0 Å². The van der Waals surface area contributed by atoms with Gasteiger partial charge in [0.2, 0.25) is 0 Å². The highest BCUT2D eigenvalue weighted by atomic mass is 14.8. The first-order chi connectivity index (χ1) is 9.65. The summed E-state index contributed by atoms with van der Waals surface area (Å²) >= 11 is 0. The summed E-state index contributed by atoms with van der Waals surface area (Å²) in [5.41, 5.74) is 12.4. The lowest BCUT2D eigenvalue weighted by Crippen LogP contribution is -2.24. The van der Waals surface area contributed by atoms with Gasteiger partial charge in [0, 0.05) is 35.2 Å². The molecule has 2 atom stereocenters. The third-order valence-electron chi connectivity index (χ3n) is 4.16. The number of hydrogen-bond donors (Lipinski definition) is 1. The van der Waals surface area contributed by atoms with Crippen molar-refractivity contribution in [2.24, 2.45) is 5.73 Å². The minimum absolute atomic E-state index is 0.00403. The summed E-state index contributed by atoms with van der Waals surface area (Å²) in [4.78, 5) is 9.03. The van der Waals surface area contributed by atoms with Crippen LogP contribution in [-0.4, -0.2) is 9.97 Å². The van der Waals surface area contributed by atoms with Crippen molar-refractivity contribution >= 4 is 0 Å². The molecule has 0 radical (unpaired) electrons. The molecule has 2 aromatic rings. The van der Waals surface area contributed by atoms with Crippen molar-refractivity contribution in [3.63, 3.8) is 0 Å². The van der Waals surface area contributed by atoms with Crippen LogP contribution in [0.2, 0.25) is 0 Å². The summed E-state index contributed by atoms with van der Waals surface area (Å²) in [7, 11) is 0. The molecule has 0 amide bonds. The Kier molecular flexibility index (Phi) is 3.53. The molecule has 2 aromatic heterocycles. The average molecular weight is 267 g/mol. The molecule has 0 fully saturated rings. The second-order valence-electron chi connectivity index (χ2n) is 5.76. The third-order valence-corrected chi connectivity index (χ3v) is 4.16. The molecule has 2 heterocycles. The molecule has 2 N–H and O–H groups in total. The summed E-state index contributed by atoms with van der Waals surface area (Å²) < 4.78 is 0. The van der Waals surface area contributed by atoms with Gasteiger partial charge in [-0.05, 0) is 62.4 Å². The predicted molar refractivity (Wildman–Crippen MR) is 80.6 cm³/mol. The van der Waals surface area contributed by atoms with E-state index in [0.717, 1.165) is 24.2 Å². The monoisotopic (exact) mass is 267 g/mol. The van der Waals surface area contributed by atoms with Crippen molar-refractivity contribution < 1.29 is 0 Å². The lowest BCUT2D eigenvalue weighted by Gasteiger charge is -2.29. The van der Waals surface area contributed by atoms with Gasteiger partial charge in [0.05, 0.1) is 0 Å². The summed E-state index contributed by atoms with van der Waals surface area (Å²) in [6.07, 6.45) is 5.32. The van der Waals surface area contributed by atoms with E-state index < -0.39 is 0 Å². The van der Waals surface area contributed by atoms with Crippen molar-refractivity contribution in [2.75, 3.05) is 0 Å². The molecule has 20 heavy (non-hydrogen) atoms. The Hall–Kier alpha value is -1.74. The molecule has 1 aliphatic rings. The molecule has 2 unspecified atom stereocenters. The van der Waals surface area contributed by atoms with Crippen molar-refractivity contribution in [3.8, 4) is 0 Å². The fourth-order valence-corrected chi connectivity index (χ4v) is 3.29. The highest BCUT2D eigenvalue weighted by Gasteiger charge is 2.27. The van der Waals surface area contributed by atoms with E-state index in [2.05, 4.69) is 28.2 Å². The van der Waals surface area contributed by atoms with E-state index >= 15 is 0 Å². The lowest BCUT2D eigenvalue weighted by molar-refractivity contribution is 0.462. The number of rotatable bonds is 2. The maximum atomic E-state index is 6.55. The molecule has 3 heteroatoms. The molecule has 1 aliphatic carbocycles. The number of nitrogens with zero attached hydrogens (tertiary/aromatic N) is 2. The lowest BCUT2D eigenvalue weighted by atomic mass is 9.80. The molecule has 0 bridgehead atoms. The zero-order chi connectivity index (χ0) is 14.1. The SMILES string of the molecule is Cc1cc(C(N)C2CCCc3cccnc32)cc(C)n1. The van der Waals surface area contributed by atoms with Crippen LogP contribution >= 0.6 is 0 Å². The Morgan fingerprint density at radius 2 is 2.00 bits per heavy atom. The van der Waals surface area contributed by atoms with Gasteiger partial charge in [-0.1, -0.05) is 6.07 Å². The van der Waals surface area contributed by atoms with Crippen molar-refractivity contribution in [2.45, 2.75) is 45.1 Å². The summed E-state index contributed by atoms with van der Waals surface area (Å²) in [6.45, 7) is 4.05. The van der Waals surface area contributed by atoms with E-state index in [1.807, 2.05) is 26.1 Å². The predicted octanol–water partition coefficient (Wildman–Crippen LogP) is 3.21. The van der Waals surface area contributed by atoms with E-state index in [1.165, 1.54) is 23.2 Å². The normalized spacial score (nSPS) is 19.4. The summed E-state index contributed by atoms with van der Waals surface area (Å²) in [5.74, 6) is 0.321. The Labute approximate surface area is 120 Å². The van der Waals surface area contributed by atoms with Crippen LogP contribution in [0.25, 0.3) is 0 Å². The van der Waals surface area contributed by atoms with Gasteiger partial charge in [-0.2, -0.15) is 0 Å². The Bertz CT molecular complexity index is 601. The van der Waals surface area contributed by atoms with Crippen molar-refractivity contribution in [1.29, 1.82) is 0 Å². The van der Waals surface area contributed by atoms with E-state index in [0.29, 0.717) is 5.92 Å². The Balaban J connectivity index is 1.97. The van der Waals surface area contributed by atoms with Crippen LogP contribution in [0, 0.1) is 13.8 Å². The molecule has 0 saturated carbocycles. The van der Waals surface area contributed by atoms with E-state index in [-0.39, 0.29) is 6.04 Å². The quantitative estimate of drug-likeness (QED) is 0.909. The van der Waals surface area contributed by atoms with Crippen LogP contribution in [0.1, 0.15) is 53.0 Å². The maximum absolute atomic E-state index is 6.55. The molecule has 3 rings (SSSR count). The molecular formula is C17H21N3. The fraction of sp³-hybridized carbons (Fsp3) is 0.412. The molecular weight excluding hydrogens is 246 g/mol. The topological polar surface area (TPSA) is 51.8 Å². The number of hydrogen-bond acceptors (Lipinski definition) is 3. The minimum Gasteiger partial charge on any atom is -0.323 e. The van der Waals surface area contributed by atoms with Crippen molar-refractivity contribution in [1.82, 2.24) is 9.97 Å². The number of pyridine rings is 2. The Morgan fingerprint density at radius 3 is 2.75 bits per heavy atom. The molecule has 0 saturated heterocycles. The van der Waals surface area contributed by atoms with Gasteiger partial charge in [-0.25, -0.2) is 0 Å². The molecule has 0 aromatic carbocycles. The highest BCUT2D eigenvalue weighted by Crippen LogP contribution is 2.37. The standard InChI is InChI=1S/C17H21N3/c1-11-9-14(10-12(2)20-11)16(18)15-7-3-5-13-6-4-8-19-17(13)15/h4,6,8-10,15-16H,3,5,7,18H2,1-2H3. The molecule has 0 aliphatic heterocycles. The third kappa shape index (κ3) is 2.46. The first-order valence-electron chi connectivity index (χ1n) is 7.29. The van der Waals surface area contributed by atoms with Gasteiger partial charge < -0.3 is 5.73 Å². The smallest absolute Gasteiger partial charge is 0.0485 e. The van der Waals surface area contributed by atoms with Gasteiger partial charge in [0.25, 0.3) is 0 Å². The van der Waals surface area contributed by atoms with E-state index in [4.69, 9.17) is 5.73 Å². The molecule has 3 nitrogen and oxygen atoms in total. The zero-order valence-electron chi connectivity index (χ0n) is 12.1. The first kappa shape index (κ1) is 13.3. The first-order valence-corrected chi connectivity index (χ1v) is 7.29. The van der Waals surface area contributed by atoms with Crippen LogP contribution < -0.4 is 5.73 Å². The van der Waals surface area contributed by atoms with Crippen LogP contribution in [0.4, 0.5) is 0 Å². The average Bonchev–Trinajstić information content (AvgIpc) is 2.45. The van der Waals surface area contributed by atoms with E-state index in [1.54, 1.807) is 0 Å². The van der Waals surface area contributed by atoms with Gasteiger partial charge >= 0.3 is 0 Å². The zero-order valence-corrected chi connectivity index (χ0v) is 12.1. The number of aryl methyl sites for hydroxylation is 3. The number of fused-ring (bicyclic) bond motifs is 1. The van der Waals surface area contributed by atoms with Gasteiger partial charge in [0.1, 0.15) is 0 Å². The van der Waals surface area contributed by atoms with Crippen LogP contribution in [0.15, 0.2) is 30.5 Å². The van der Waals surface area contributed by atoms with Gasteiger partial charge in [-0.3, -0.25) is 9.97 Å². The summed E-state index contributed by atoms with van der Waals surface area (Å²) in [6, 6.07) is 8.42. The highest BCUT2D eigenvalue weighted by molar-refractivity contribution is 5.32. The summed E-state index contributed by atoms with van der Waals surface area (Å²) in [5, 5.41) is 0. The van der Waals surface area contributed by atoms with Gasteiger partial charge in [-0.15, -0.1) is 0 Å². The second kappa shape index (κ2) is 5.33. The largest absolute Gasteiger partial charge is 0.323 e. The van der Waals surface area contributed by atoms with Crippen LogP contribution in [-0.2, 0) is 6.42 Å². The van der Waals surface area contributed by atoms with Gasteiger partial charge in [0.15, 0.2) is 0 Å². The second-order valence-corrected chi connectivity index (χ2v) is 5.76. The van der Waals surface area contributed by atoms with Crippen LogP contribution in [0.5, 0.6) is 0 Å². The fourth-order valence-electron chi connectivity index (χ4n) is 3.29. The maximum Gasteiger partial charge on any atom is 0.0485 e. The number of aromatic nitrogens is 2. The Morgan fingerprint density at radius 1 is 1.25 bits per heavy atom. The number of nitrogens with two attached hydrogens (primary N) is 1. The molecule has 0 spiro atoms.